The number of benzene rings is 1. The first-order valence-electron chi connectivity index (χ1n) is 3.55. The van der Waals surface area contributed by atoms with Crippen molar-refractivity contribution in [3.8, 4) is 11.5 Å². The van der Waals surface area contributed by atoms with Gasteiger partial charge < -0.3 is 14.3 Å². The Morgan fingerprint density at radius 2 is 2.25 bits per heavy atom. The maximum Gasteiger partial charge on any atom is 0.141 e. The molecule has 0 fully saturated rings. The molecule has 0 unspecified atom stereocenters. The van der Waals surface area contributed by atoms with Crippen LogP contribution in [0, 0.1) is 0 Å². The van der Waals surface area contributed by atoms with Gasteiger partial charge in [0.25, 0.3) is 0 Å². The fraction of sp³-hybridized carbons (Fsp3) is 0.111. The molecule has 0 saturated carbocycles. The molecule has 0 spiro atoms. The van der Waals surface area contributed by atoms with Gasteiger partial charge in [0, 0.05) is 12.1 Å². The summed E-state index contributed by atoms with van der Waals surface area (Å²) < 4.78 is 10.1. The Hall–Kier alpha value is -1.64. The van der Waals surface area contributed by atoms with Gasteiger partial charge in [0.2, 0.25) is 0 Å². The highest BCUT2D eigenvalue weighted by molar-refractivity contribution is 5.85. The molecule has 1 aromatic heterocycles. The van der Waals surface area contributed by atoms with Crippen molar-refractivity contribution in [3.05, 3.63) is 24.5 Å². The van der Waals surface area contributed by atoms with Crippen molar-refractivity contribution in [2.24, 2.45) is 0 Å². The van der Waals surface area contributed by atoms with Gasteiger partial charge in [0.1, 0.15) is 17.1 Å². The van der Waals surface area contributed by atoms with Crippen LogP contribution < -0.4 is 4.74 Å². The minimum atomic E-state index is 0.179. The molecular weight excluding hydrogens is 156 g/mol. The van der Waals surface area contributed by atoms with Gasteiger partial charge in [-0.1, -0.05) is 0 Å². The van der Waals surface area contributed by atoms with Gasteiger partial charge >= 0.3 is 0 Å². The molecule has 3 nitrogen and oxygen atoms in total. The van der Waals surface area contributed by atoms with E-state index in [1.807, 2.05) is 0 Å². The molecule has 62 valence electrons. The van der Waals surface area contributed by atoms with Crippen molar-refractivity contribution in [2.75, 3.05) is 7.11 Å². The number of aromatic hydroxyl groups is 1. The predicted molar refractivity (Wildman–Crippen MR) is 44.4 cm³/mol. The van der Waals surface area contributed by atoms with Crippen molar-refractivity contribution < 1.29 is 14.3 Å². The maximum absolute atomic E-state index is 9.43. The highest BCUT2D eigenvalue weighted by atomic mass is 16.5. The van der Waals surface area contributed by atoms with Crippen molar-refractivity contribution in [2.45, 2.75) is 0 Å². The fourth-order valence-corrected chi connectivity index (χ4v) is 1.15. The van der Waals surface area contributed by atoms with E-state index in [-0.39, 0.29) is 5.75 Å². The molecule has 12 heavy (non-hydrogen) atoms. The zero-order chi connectivity index (χ0) is 8.55. The number of phenolic OH excluding ortho intramolecular Hbond substituents is 1. The van der Waals surface area contributed by atoms with E-state index >= 15 is 0 Å². The van der Waals surface area contributed by atoms with E-state index < -0.39 is 0 Å². The Bertz CT molecular complexity index is 403. The average Bonchev–Trinajstić information content (AvgIpc) is 2.52. The van der Waals surface area contributed by atoms with Crippen LogP contribution in [0.15, 0.2) is 28.9 Å². The lowest BCUT2D eigenvalue weighted by atomic mass is 10.2. The smallest absolute Gasteiger partial charge is 0.141 e. The first-order valence-corrected chi connectivity index (χ1v) is 3.55. The zero-order valence-corrected chi connectivity index (χ0v) is 6.57. The summed E-state index contributed by atoms with van der Waals surface area (Å²) in [5.74, 6) is 0.771. The second kappa shape index (κ2) is 2.44. The van der Waals surface area contributed by atoms with Crippen LogP contribution in [0.2, 0.25) is 0 Å². The molecule has 0 amide bonds. The maximum atomic E-state index is 9.43. The summed E-state index contributed by atoms with van der Waals surface area (Å²) in [4.78, 5) is 0. The topological polar surface area (TPSA) is 42.6 Å². The molecule has 1 aromatic carbocycles. The van der Waals surface area contributed by atoms with Crippen LogP contribution in [-0.2, 0) is 0 Å². The van der Waals surface area contributed by atoms with Crippen LogP contribution in [0.1, 0.15) is 0 Å². The SMILES string of the molecule is COc1cc(O)c2ccoc2c1. The van der Waals surface area contributed by atoms with Gasteiger partial charge in [-0.2, -0.15) is 0 Å². The fourth-order valence-electron chi connectivity index (χ4n) is 1.15. The molecule has 0 bridgehead atoms. The third-order valence-electron chi connectivity index (χ3n) is 1.76. The Morgan fingerprint density at radius 3 is 3.00 bits per heavy atom. The third kappa shape index (κ3) is 0.906. The molecule has 0 saturated heterocycles. The molecule has 0 radical (unpaired) electrons. The van der Waals surface area contributed by atoms with Gasteiger partial charge in [-0.15, -0.1) is 0 Å². The van der Waals surface area contributed by atoms with Gasteiger partial charge in [-0.25, -0.2) is 0 Å². The van der Waals surface area contributed by atoms with Crippen LogP contribution in [0.5, 0.6) is 11.5 Å². The van der Waals surface area contributed by atoms with Crippen LogP contribution in [0.4, 0.5) is 0 Å². The monoisotopic (exact) mass is 164 g/mol. The molecule has 3 heteroatoms. The Morgan fingerprint density at radius 1 is 1.42 bits per heavy atom. The average molecular weight is 164 g/mol. The van der Waals surface area contributed by atoms with E-state index in [0.717, 1.165) is 0 Å². The number of methoxy groups -OCH3 is 1. The molecule has 0 atom stereocenters. The lowest BCUT2D eigenvalue weighted by molar-refractivity contribution is 0.408. The van der Waals surface area contributed by atoms with Crippen molar-refractivity contribution in [1.82, 2.24) is 0 Å². The summed E-state index contributed by atoms with van der Waals surface area (Å²) in [7, 11) is 1.55. The first kappa shape index (κ1) is 7.03. The molecule has 2 aromatic rings. The highest BCUT2D eigenvalue weighted by Gasteiger charge is 2.04. The summed E-state index contributed by atoms with van der Waals surface area (Å²) in [6.45, 7) is 0. The molecule has 1 N–H and O–H groups in total. The van der Waals surface area contributed by atoms with Gasteiger partial charge in [0.15, 0.2) is 0 Å². The van der Waals surface area contributed by atoms with Crippen molar-refractivity contribution in [1.29, 1.82) is 0 Å². The Labute approximate surface area is 69.2 Å². The van der Waals surface area contributed by atoms with Crippen LogP contribution in [-0.4, -0.2) is 12.2 Å². The summed E-state index contributed by atoms with van der Waals surface area (Å²) in [6, 6.07) is 5.00. The highest BCUT2D eigenvalue weighted by Crippen LogP contribution is 2.30. The van der Waals surface area contributed by atoms with Crippen LogP contribution in [0.3, 0.4) is 0 Å². The number of phenols is 1. The standard InChI is InChI=1S/C9H8O3/c1-11-6-4-8(10)7-2-3-12-9(7)5-6/h2-5,10H,1H3. The normalized spacial score (nSPS) is 10.4. The molecule has 0 aliphatic carbocycles. The number of rotatable bonds is 1. The Kier molecular flexibility index (Phi) is 1.43. The summed E-state index contributed by atoms with van der Waals surface area (Å²) >= 11 is 0. The first-order chi connectivity index (χ1) is 5.81. The van der Waals surface area contributed by atoms with E-state index in [1.54, 1.807) is 25.3 Å². The molecular formula is C9H8O3. The number of hydrogen-bond acceptors (Lipinski definition) is 3. The number of hydrogen-bond donors (Lipinski definition) is 1. The third-order valence-corrected chi connectivity index (χ3v) is 1.76. The number of fused-ring (bicyclic) bond motifs is 1. The Balaban J connectivity index is 2.75. The van der Waals surface area contributed by atoms with Gasteiger partial charge in [-0.3, -0.25) is 0 Å². The summed E-state index contributed by atoms with van der Waals surface area (Å²) in [5, 5.41) is 10.1. The van der Waals surface area contributed by atoms with E-state index in [0.29, 0.717) is 16.7 Å². The zero-order valence-electron chi connectivity index (χ0n) is 6.57. The molecule has 1 heterocycles. The second-order valence-electron chi connectivity index (χ2n) is 2.48. The van der Waals surface area contributed by atoms with Gasteiger partial charge in [0.05, 0.1) is 18.8 Å². The lowest BCUT2D eigenvalue weighted by Gasteiger charge is -1.99. The van der Waals surface area contributed by atoms with E-state index in [2.05, 4.69) is 0 Å². The lowest BCUT2D eigenvalue weighted by Crippen LogP contribution is -1.81. The summed E-state index contributed by atoms with van der Waals surface area (Å²) in [5.41, 5.74) is 0.631. The summed E-state index contributed by atoms with van der Waals surface area (Å²) in [6.07, 6.45) is 1.53. The largest absolute Gasteiger partial charge is 0.507 e. The van der Waals surface area contributed by atoms with Crippen LogP contribution >= 0.6 is 0 Å². The van der Waals surface area contributed by atoms with E-state index in [9.17, 15) is 5.11 Å². The van der Waals surface area contributed by atoms with Crippen molar-refractivity contribution >= 4 is 11.0 Å². The van der Waals surface area contributed by atoms with Crippen LogP contribution in [0.25, 0.3) is 11.0 Å². The number of ether oxygens (including phenoxy) is 1. The second-order valence-corrected chi connectivity index (χ2v) is 2.48. The molecule has 2 rings (SSSR count). The van der Waals surface area contributed by atoms with E-state index in [1.165, 1.54) is 6.26 Å². The molecule has 0 aliphatic heterocycles. The van der Waals surface area contributed by atoms with Crippen molar-refractivity contribution in [3.63, 3.8) is 0 Å². The predicted octanol–water partition coefficient (Wildman–Crippen LogP) is 2.15. The minimum Gasteiger partial charge on any atom is -0.507 e. The van der Waals surface area contributed by atoms with E-state index in [4.69, 9.17) is 9.15 Å². The van der Waals surface area contributed by atoms with Gasteiger partial charge in [-0.05, 0) is 6.07 Å². The molecule has 0 aliphatic rings. The number of furan rings is 1. The minimum absolute atomic E-state index is 0.179. The quantitative estimate of drug-likeness (QED) is 0.702.